The maximum atomic E-state index is 6.07. The first-order valence-corrected chi connectivity index (χ1v) is 7.52. The van der Waals surface area contributed by atoms with E-state index < -0.39 is 8.80 Å². The predicted molar refractivity (Wildman–Crippen MR) is 67.0 cm³/mol. The Balaban J connectivity index is 2.94. The molecule has 0 aliphatic carbocycles. The second kappa shape index (κ2) is 4.35. The number of hydrogen-bond acceptors (Lipinski definition) is 3. The average molecular weight is 242 g/mol. The third kappa shape index (κ3) is 2.39. The predicted octanol–water partition coefficient (Wildman–Crippen LogP) is 3.27. The third-order valence-corrected chi connectivity index (χ3v) is 5.98. The van der Waals surface area contributed by atoms with E-state index in [-0.39, 0.29) is 11.2 Å². The molecule has 0 N–H and O–H groups in total. The van der Waals surface area contributed by atoms with Crippen LogP contribution in [-0.2, 0) is 13.3 Å². The molecule has 92 valence electrons. The van der Waals surface area contributed by atoms with Crippen LogP contribution >= 0.6 is 0 Å². The molecule has 0 saturated carbocycles. The molecule has 1 fully saturated rings. The van der Waals surface area contributed by atoms with Gasteiger partial charge in [-0.15, -0.1) is 6.58 Å². The van der Waals surface area contributed by atoms with Crippen molar-refractivity contribution in [2.75, 3.05) is 0 Å². The van der Waals surface area contributed by atoms with Gasteiger partial charge in [0.25, 0.3) is 0 Å². The molecule has 4 heteroatoms. The molecular formula is C12H22O3Si. The van der Waals surface area contributed by atoms with Crippen LogP contribution in [0.25, 0.3) is 0 Å². The van der Waals surface area contributed by atoms with Crippen molar-refractivity contribution in [3.8, 4) is 0 Å². The topological polar surface area (TPSA) is 27.7 Å². The summed E-state index contributed by atoms with van der Waals surface area (Å²) in [4.78, 5) is 0. The Kier molecular flexibility index (Phi) is 3.67. The fourth-order valence-corrected chi connectivity index (χ4v) is 4.72. The summed E-state index contributed by atoms with van der Waals surface area (Å²) in [6.07, 6.45) is 5.28. The normalized spacial score (nSPS) is 25.8. The fraction of sp³-hybridized carbons (Fsp3) is 0.667. The van der Waals surface area contributed by atoms with Crippen molar-refractivity contribution in [1.82, 2.24) is 0 Å². The van der Waals surface area contributed by atoms with Crippen LogP contribution in [-0.4, -0.2) is 20.0 Å². The molecule has 0 aromatic rings. The van der Waals surface area contributed by atoms with Gasteiger partial charge in [-0.05, 0) is 34.6 Å². The Morgan fingerprint density at radius 2 is 1.69 bits per heavy atom. The van der Waals surface area contributed by atoms with E-state index in [1.165, 1.54) is 0 Å². The molecule has 1 aliphatic heterocycles. The van der Waals surface area contributed by atoms with Crippen LogP contribution < -0.4 is 0 Å². The van der Waals surface area contributed by atoms with Crippen LogP contribution in [0.15, 0.2) is 25.0 Å². The number of allylic oxidation sites excluding steroid dienone is 2. The molecule has 0 bridgehead atoms. The minimum absolute atomic E-state index is 0.343. The summed E-state index contributed by atoms with van der Waals surface area (Å²) in [5.41, 5.74) is -0.687. The quantitative estimate of drug-likeness (QED) is 0.430. The van der Waals surface area contributed by atoms with Gasteiger partial charge in [0.15, 0.2) is 0 Å². The van der Waals surface area contributed by atoms with Gasteiger partial charge in [0, 0.05) is 6.04 Å². The first-order valence-electron chi connectivity index (χ1n) is 5.59. The fourth-order valence-electron chi connectivity index (χ4n) is 1.57. The minimum atomic E-state index is -2.63. The van der Waals surface area contributed by atoms with Crippen molar-refractivity contribution < 1.29 is 13.3 Å². The van der Waals surface area contributed by atoms with Gasteiger partial charge in [-0.1, -0.05) is 12.2 Å². The maximum Gasteiger partial charge on any atom is 0.570 e. The van der Waals surface area contributed by atoms with Gasteiger partial charge in [-0.3, -0.25) is 0 Å². The van der Waals surface area contributed by atoms with Crippen molar-refractivity contribution >= 4 is 8.80 Å². The van der Waals surface area contributed by atoms with Crippen LogP contribution in [0.4, 0.5) is 0 Å². The second-order valence-corrected chi connectivity index (χ2v) is 7.41. The molecule has 0 aromatic heterocycles. The molecule has 1 rings (SSSR count). The summed E-state index contributed by atoms with van der Waals surface area (Å²) in [5, 5.41) is 0. The van der Waals surface area contributed by atoms with Gasteiger partial charge in [0.05, 0.1) is 17.5 Å². The summed E-state index contributed by atoms with van der Waals surface area (Å²) < 4.78 is 17.8. The zero-order valence-corrected chi connectivity index (χ0v) is 11.9. The van der Waals surface area contributed by atoms with Crippen molar-refractivity contribution in [3.05, 3.63) is 25.0 Å². The highest BCUT2D eigenvalue weighted by Gasteiger charge is 2.62. The SMILES string of the molecule is C=CC[Si]1(O/C=C\C)OC(C)(C)C(C)(C)O1. The van der Waals surface area contributed by atoms with Gasteiger partial charge in [0.1, 0.15) is 0 Å². The lowest BCUT2D eigenvalue weighted by Crippen LogP contribution is -2.41. The van der Waals surface area contributed by atoms with E-state index in [0.717, 1.165) is 0 Å². The molecule has 0 aromatic carbocycles. The Hall–Kier alpha value is -0.583. The average Bonchev–Trinajstić information content (AvgIpc) is 2.30. The first-order chi connectivity index (χ1) is 7.29. The Labute approximate surface area is 99.5 Å². The lowest BCUT2D eigenvalue weighted by molar-refractivity contribution is 0.00578. The summed E-state index contributed by atoms with van der Waals surface area (Å²) in [6, 6.07) is 0.629. The van der Waals surface area contributed by atoms with Gasteiger partial charge in [0.2, 0.25) is 0 Å². The van der Waals surface area contributed by atoms with E-state index in [0.29, 0.717) is 6.04 Å². The van der Waals surface area contributed by atoms with Gasteiger partial charge < -0.3 is 13.3 Å². The van der Waals surface area contributed by atoms with E-state index in [4.69, 9.17) is 13.3 Å². The molecule has 1 saturated heterocycles. The molecular weight excluding hydrogens is 220 g/mol. The highest BCUT2D eigenvalue weighted by Crippen LogP contribution is 2.43. The molecule has 0 unspecified atom stereocenters. The Morgan fingerprint density at radius 3 is 2.06 bits per heavy atom. The summed E-state index contributed by atoms with van der Waals surface area (Å²) in [7, 11) is -2.63. The summed E-state index contributed by atoms with van der Waals surface area (Å²) in [6.45, 7) is 13.8. The van der Waals surface area contributed by atoms with Gasteiger partial charge in [-0.25, -0.2) is 0 Å². The minimum Gasteiger partial charge on any atom is -0.508 e. The summed E-state index contributed by atoms with van der Waals surface area (Å²) >= 11 is 0. The maximum absolute atomic E-state index is 6.07. The smallest absolute Gasteiger partial charge is 0.508 e. The second-order valence-electron chi connectivity index (χ2n) is 4.99. The Morgan fingerprint density at radius 1 is 1.19 bits per heavy atom. The van der Waals surface area contributed by atoms with Gasteiger partial charge >= 0.3 is 8.80 Å². The standard InChI is InChI=1S/C12H22O3Si/c1-7-9-13-16(10-8-2)14-11(3,4)12(5,6)15-16/h7-9H,2,10H2,1,3-6H3/b9-7-. The lowest BCUT2D eigenvalue weighted by Gasteiger charge is -2.31. The highest BCUT2D eigenvalue weighted by atomic mass is 28.4. The van der Waals surface area contributed by atoms with E-state index in [9.17, 15) is 0 Å². The van der Waals surface area contributed by atoms with E-state index in [2.05, 4.69) is 6.58 Å². The van der Waals surface area contributed by atoms with Crippen LogP contribution in [0.3, 0.4) is 0 Å². The number of hydrogen-bond donors (Lipinski definition) is 0. The molecule has 16 heavy (non-hydrogen) atoms. The third-order valence-electron chi connectivity index (χ3n) is 3.05. The largest absolute Gasteiger partial charge is 0.570 e. The van der Waals surface area contributed by atoms with E-state index in [1.54, 1.807) is 12.3 Å². The van der Waals surface area contributed by atoms with Crippen molar-refractivity contribution in [2.24, 2.45) is 0 Å². The molecule has 0 radical (unpaired) electrons. The molecule has 1 aliphatic rings. The van der Waals surface area contributed by atoms with Crippen molar-refractivity contribution in [3.63, 3.8) is 0 Å². The monoisotopic (exact) mass is 242 g/mol. The molecule has 0 amide bonds. The number of rotatable bonds is 4. The molecule has 3 nitrogen and oxygen atoms in total. The zero-order valence-electron chi connectivity index (χ0n) is 10.9. The molecule has 0 atom stereocenters. The first kappa shape index (κ1) is 13.5. The zero-order chi connectivity index (χ0) is 12.4. The van der Waals surface area contributed by atoms with Crippen LogP contribution in [0.1, 0.15) is 34.6 Å². The van der Waals surface area contributed by atoms with Crippen LogP contribution in [0, 0.1) is 0 Å². The lowest BCUT2D eigenvalue weighted by atomic mass is 9.90. The van der Waals surface area contributed by atoms with Crippen LogP contribution in [0.5, 0.6) is 0 Å². The summed E-state index contributed by atoms with van der Waals surface area (Å²) in [5.74, 6) is 0. The van der Waals surface area contributed by atoms with Crippen LogP contribution in [0.2, 0.25) is 6.04 Å². The van der Waals surface area contributed by atoms with Crippen molar-refractivity contribution in [1.29, 1.82) is 0 Å². The molecule has 0 spiro atoms. The van der Waals surface area contributed by atoms with E-state index >= 15 is 0 Å². The molecule has 1 heterocycles. The van der Waals surface area contributed by atoms with E-state index in [1.807, 2.05) is 40.7 Å². The van der Waals surface area contributed by atoms with Crippen molar-refractivity contribution in [2.45, 2.75) is 51.9 Å². The highest BCUT2D eigenvalue weighted by molar-refractivity contribution is 6.62. The Bertz CT molecular complexity index is 279. The van der Waals surface area contributed by atoms with Gasteiger partial charge in [-0.2, -0.15) is 0 Å².